The zero-order valence-corrected chi connectivity index (χ0v) is 12.8. The Morgan fingerprint density at radius 1 is 1.30 bits per heavy atom. The Kier molecular flexibility index (Phi) is 7.03. The summed E-state index contributed by atoms with van der Waals surface area (Å²) in [5, 5.41) is 0. The van der Waals surface area contributed by atoms with Crippen LogP contribution in [-0.4, -0.2) is 19.1 Å². The highest BCUT2D eigenvalue weighted by Gasteiger charge is 2.18. The molecular weight excluding hydrogens is 274 g/mol. The van der Waals surface area contributed by atoms with Crippen molar-refractivity contribution in [3.05, 3.63) is 35.4 Å². The van der Waals surface area contributed by atoms with E-state index in [1.165, 1.54) is 31.9 Å². The molecule has 1 aliphatic rings. The van der Waals surface area contributed by atoms with Gasteiger partial charge in [0.1, 0.15) is 0 Å². The van der Waals surface area contributed by atoms with Crippen molar-refractivity contribution in [2.75, 3.05) is 7.11 Å². The third-order valence-electron chi connectivity index (χ3n) is 4.08. The minimum Gasteiger partial charge on any atom is -0.465 e. The molecule has 1 aromatic carbocycles. The Labute approximate surface area is 127 Å². The predicted molar refractivity (Wildman–Crippen MR) is 83.3 cm³/mol. The van der Waals surface area contributed by atoms with E-state index in [0.29, 0.717) is 11.6 Å². The van der Waals surface area contributed by atoms with Gasteiger partial charge >= 0.3 is 5.97 Å². The number of esters is 1. The van der Waals surface area contributed by atoms with E-state index >= 15 is 0 Å². The Morgan fingerprint density at radius 2 is 2.00 bits per heavy atom. The molecule has 2 N–H and O–H groups in total. The molecule has 0 aromatic heterocycles. The third kappa shape index (κ3) is 4.80. The lowest BCUT2D eigenvalue weighted by atomic mass is 9.83. The zero-order chi connectivity index (χ0) is 13.7. The van der Waals surface area contributed by atoms with Gasteiger partial charge in [-0.1, -0.05) is 12.1 Å². The van der Waals surface area contributed by atoms with Gasteiger partial charge in [-0.2, -0.15) is 0 Å². The largest absolute Gasteiger partial charge is 0.465 e. The van der Waals surface area contributed by atoms with E-state index in [1.807, 2.05) is 12.1 Å². The van der Waals surface area contributed by atoms with E-state index in [9.17, 15) is 4.79 Å². The van der Waals surface area contributed by atoms with Crippen LogP contribution in [0.3, 0.4) is 0 Å². The molecule has 3 nitrogen and oxygen atoms in total. The maximum Gasteiger partial charge on any atom is 0.337 e. The number of ether oxygens (including phenoxy) is 1. The number of hydrogen-bond donors (Lipinski definition) is 1. The summed E-state index contributed by atoms with van der Waals surface area (Å²) in [6.07, 6.45) is 7.04. The fourth-order valence-electron chi connectivity index (χ4n) is 2.82. The van der Waals surface area contributed by atoms with Gasteiger partial charge < -0.3 is 10.5 Å². The van der Waals surface area contributed by atoms with Crippen molar-refractivity contribution in [2.45, 2.75) is 44.6 Å². The average Bonchev–Trinajstić information content (AvgIpc) is 2.46. The zero-order valence-electron chi connectivity index (χ0n) is 12.0. The topological polar surface area (TPSA) is 52.3 Å². The van der Waals surface area contributed by atoms with Crippen LogP contribution in [0.25, 0.3) is 0 Å². The molecule has 20 heavy (non-hydrogen) atoms. The first-order valence-electron chi connectivity index (χ1n) is 7.12. The minimum atomic E-state index is -0.259. The molecule has 112 valence electrons. The van der Waals surface area contributed by atoms with E-state index in [-0.39, 0.29) is 18.4 Å². The summed E-state index contributed by atoms with van der Waals surface area (Å²) in [5.74, 6) is 0.534. The van der Waals surface area contributed by atoms with Crippen LogP contribution in [0.4, 0.5) is 0 Å². The van der Waals surface area contributed by atoms with Gasteiger partial charge in [-0.3, -0.25) is 0 Å². The summed E-state index contributed by atoms with van der Waals surface area (Å²) in [5.41, 5.74) is 7.79. The van der Waals surface area contributed by atoms with Crippen LogP contribution in [0, 0.1) is 5.92 Å². The lowest BCUT2D eigenvalue weighted by Crippen LogP contribution is -2.26. The molecule has 0 saturated heterocycles. The Balaban J connectivity index is 0.00000200. The van der Waals surface area contributed by atoms with Gasteiger partial charge in [-0.05, 0) is 62.1 Å². The number of nitrogens with two attached hydrogens (primary N) is 1. The van der Waals surface area contributed by atoms with Gasteiger partial charge in [0.2, 0.25) is 0 Å². The fourth-order valence-corrected chi connectivity index (χ4v) is 2.82. The maximum absolute atomic E-state index is 11.5. The molecule has 1 fully saturated rings. The van der Waals surface area contributed by atoms with Gasteiger partial charge in [0.25, 0.3) is 0 Å². The first-order chi connectivity index (χ1) is 9.19. The van der Waals surface area contributed by atoms with Crippen molar-refractivity contribution < 1.29 is 9.53 Å². The quantitative estimate of drug-likeness (QED) is 0.867. The number of aryl methyl sites for hydroxylation is 1. The van der Waals surface area contributed by atoms with Crippen molar-refractivity contribution in [2.24, 2.45) is 11.7 Å². The number of methoxy groups -OCH3 is 1. The number of carbonyl (C=O) groups excluding carboxylic acids is 1. The molecule has 0 radical (unpaired) electrons. The first-order valence-corrected chi connectivity index (χ1v) is 7.12. The van der Waals surface area contributed by atoms with Gasteiger partial charge in [0.15, 0.2) is 0 Å². The SMILES string of the molecule is COC(=O)c1cccc(CCC2CCC(N)CC2)c1.Cl. The highest BCUT2D eigenvalue weighted by molar-refractivity contribution is 5.89. The Hall–Kier alpha value is -1.06. The second-order valence-electron chi connectivity index (χ2n) is 5.51. The molecule has 0 atom stereocenters. The average molecular weight is 298 g/mol. The second-order valence-corrected chi connectivity index (χ2v) is 5.51. The Bertz CT molecular complexity index is 428. The van der Waals surface area contributed by atoms with E-state index in [1.54, 1.807) is 6.07 Å². The summed E-state index contributed by atoms with van der Waals surface area (Å²) in [7, 11) is 1.42. The molecule has 4 heteroatoms. The smallest absolute Gasteiger partial charge is 0.337 e. The number of benzene rings is 1. The van der Waals surface area contributed by atoms with Crippen LogP contribution < -0.4 is 5.73 Å². The van der Waals surface area contributed by atoms with Crippen molar-refractivity contribution >= 4 is 18.4 Å². The van der Waals surface area contributed by atoms with Crippen molar-refractivity contribution in [1.29, 1.82) is 0 Å². The molecule has 0 amide bonds. The molecule has 1 aliphatic carbocycles. The van der Waals surface area contributed by atoms with Crippen LogP contribution in [-0.2, 0) is 11.2 Å². The van der Waals surface area contributed by atoms with Crippen LogP contribution in [0.15, 0.2) is 24.3 Å². The van der Waals surface area contributed by atoms with Crippen LogP contribution in [0.1, 0.15) is 48.0 Å². The number of halogens is 1. The van der Waals surface area contributed by atoms with E-state index in [4.69, 9.17) is 10.5 Å². The summed E-state index contributed by atoms with van der Waals surface area (Å²) >= 11 is 0. The highest BCUT2D eigenvalue weighted by Crippen LogP contribution is 2.27. The summed E-state index contributed by atoms with van der Waals surface area (Å²) in [4.78, 5) is 11.5. The van der Waals surface area contributed by atoms with Gasteiger partial charge in [-0.15, -0.1) is 12.4 Å². The minimum absolute atomic E-state index is 0. The van der Waals surface area contributed by atoms with Crippen LogP contribution in [0.2, 0.25) is 0 Å². The molecule has 0 heterocycles. The standard InChI is InChI=1S/C16H23NO2.ClH/c1-19-16(18)14-4-2-3-13(11-14)6-5-12-7-9-15(17)10-8-12;/h2-4,11-12,15H,5-10,17H2,1H3;1H. The third-order valence-corrected chi connectivity index (χ3v) is 4.08. The molecular formula is C16H24ClNO2. The van der Waals surface area contributed by atoms with Crippen LogP contribution >= 0.6 is 12.4 Å². The maximum atomic E-state index is 11.5. The fraction of sp³-hybridized carbons (Fsp3) is 0.562. The van der Waals surface area contributed by atoms with Gasteiger partial charge in [-0.25, -0.2) is 4.79 Å². The molecule has 0 bridgehead atoms. The van der Waals surface area contributed by atoms with Crippen LogP contribution in [0.5, 0.6) is 0 Å². The molecule has 1 aromatic rings. The predicted octanol–water partition coefficient (Wildman–Crippen LogP) is 3.35. The summed E-state index contributed by atoms with van der Waals surface area (Å²) in [6, 6.07) is 8.17. The molecule has 1 saturated carbocycles. The molecule has 2 rings (SSSR count). The van der Waals surface area contributed by atoms with Gasteiger partial charge in [0, 0.05) is 6.04 Å². The molecule has 0 aliphatic heterocycles. The van der Waals surface area contributed by atoms with E-state index in [2.05, 4.69) is 6.07 Å². The summed E-state index contributed by atoms with van der Waals surface area (Å²) in [6.45, 7) is 0. The first kappa shape index (κ1) is 17.0. The normalized spacial score (nSPS) is 21.9. The second kappa shape index (κ2) is 8.28. The van der Waals surface area contributed by atoms with Crippen molar-refractivity contribution in [1.82, 2.24) is 0 Å². The molecule has 0 spiro atoms. The van der Waals surface area contributed by atoms with Crippen molar-refractivity contribution in [3.8, 4) is 0 Å². The lowest BCUT2D eigenvalue weighted by Gasteiger charge is -2.25. The number of hydrogen-bond acceptors (Lipinski definition) is 3. The monoisotopic (exact) mass is 297 g/mol. The summed E-state index contributed by atoms with van der Waals surface area (Å²) < 4.78 is 4.74. The molecule has 0 unspecified atom stereocenters. The highest BCUT2D eigenvalue weighted by atomic mass is 35.5. The Morgan fingerprint density at radius 3 is 2.65 bits per heavy atom. The number of carbonyl (C=O) groups is 1. The number of rotatable bonds is 4. The van der Waals surface area contributed by atoms with Crippen molar-refractivity contribution in [3.63, 3.8) is 0 Å². The van der Waals surface area contributed by atoms with E-state index in [0.717, 1.165) is 25.2 Å². The van der Waals surface area contributed by atoms with E-state index < -0.39 is 0 Å². The lowest BCUT2D eigenvalue weighted by molar-refractivity contribution is 0.0600. The van der Waals surface area contributed by atoms with Gasteiger partial charge in [0.05, 0.1) is 12.7 Å².